The van der Waals surface area contributed by atoms with Crippen LogP contribution >= 0.6 is 12.4 Å². The van der Waals surface area contributed by atoms with Crippen molar-refractivity contribution in [3.05, 3.63) is 12.7 Å². The van der Waals surface area contributed by atoms with Gasteiger partial charge in [-0.2, -0.15) is 0 Å². The number of nitrogens with zero attached hydrogens (tertiary/aromatic N) is 3. The first-order valence-corrected chi connectivity index (χ1v) is 4.32. The van der Waals surface area contributed by atoms with E-state index in [0.29, 0.717) is 17.0 Å². The Labute approximate surface area is 96.7 Å². The van der Waals surface area contributed by atoms with E-state index in [4.69, 9.17) is 5.11 Å². The minimum absolute atomic E-state index is 0. The summed E-state index contributed by atoms with van der Waals surface area (Å²) in [5.74, 6) is -0.506. The lowest BCUT2D eigenvalue weighted by atomic mass is 10.3. The molecule has 7 nitrogen and oxygen atoms in total. The van der Waals surface area contributed by atoms with Gasteiger partial charge in [-0.1, -0.05) is 0 Å². The van der Waals surface area contributed by atoms with Gasteiger partial charge in [0.05, 0.1) is 6.33 Å². The molecule has 86 valence electrons. The number of imidazole rings is 1. The Morgan fingerprint density at radius 2 is 2.25 bits per heavy atom. The van der Waals surface area contributed by atoms with Crippen LogP contribution in [0, 0.1) is 0 Å². The highest BCUT2D eigenvalue weighted by Crippen LogP contribution is 2.14. The summed E-state index contributed by atoms with van der Waals surface area (Å²) >= 11 is 0. The number of aliphatic carboxylic acids is 1. The lowest BCUT2D eigenvalue weighted by molar-refractivity contribution is -0.137. The van der Waals surface area contributed by atoms with E-state index in [9.17, 15) is 4.79 Å². The smallest absolute Gasteiger partial charge is 0.325 e. The SMILES string of the molecule is C[C@@H](Nc1ncnc2nc[nH]c12)C(=O)O.Cl. The molecule has 0 bridgehead atoms. The molecule has 0 saturated heterocycles. The molecule has 0 fully saturated rings. The van der Waals surface area contributed by atoms with Crippen LogP contribution < -0.4 is 5.32 Å². The van der Waals surface area contributed by atoms with Gasteiger partial charge in [-0.15, -0.1) is 12.4 Å². The maximum Gasteiger partial charge on any atom is 0.325 e. The van der Waals surface area contributed by atoms with E-state index in [1.807, 2.05) is 0 Å². The van der Waals surface area contributed by atoms with Crippen LogP contribution in [0.2, 0.25) is 0 Å². The van der Waals surface area contributed by atoms with E-state index in [2.05, 4.69) is 25.3 Å². The Morgan fingerprint density at radius 3 is 2.94 bits per heavy atom. The van der Waals surface area contributed by atoms with E-state index in [-0.39, 0.29) is 12.4 Å². The second-order valence-electron chi connectivity index (χ2n) is 3.03. The molecule has 2 aromatic heterocycles. The third-order valence-corrected chi connectivity index (χ3v) is 1.95. The number of anilines is 1. The largest absolute Gasteiger partial charge is 0.480 e. The third-order valence-electron chi connectivity index (χ3n) is 1.95. The standard InChI is InChI=1S/C8H9N5O2.ClH/c1-4(8(14)15)13-7-5-6(10-2-9-5)11-3-12-7;/h2-4H,1H3,(H,14,15)(H2,9,10,11,12,13);1H/t4-;/m1./s1. The highest BCUT2D eigenvalue weighted by molar-refractivity contribution is 5.85. The number of H-pyrrole nitrogens is 1. The lowest BCUT2D eigenvalue weighted by Gasteiger charge is -2.09. The fourth-order valence-corrected chi connectivity index (χ4v) is 1.14. The second-order valence-corrected chi connectivity index (χ2v) is 3.03. The molecule has 0 saturated carbocycles. The van der Waals surface area contributed by atoms with Crippen molar-refractivity contribution in [3.8, 4) is 0 Å². The number of carboxylic acid groups (broad SMARTS) is 1. The maximum atomic E-state index is 10.6. The molecule has 2 aromatic rings. The fourth-order valence-electron chi connectivity index (χ4n) is 1.14. The summed E-state index contributed by atoms with van der Waals surface area (Å²) in [4.78, 5) is 25.3. The quantitative estimate of drug-likeness (QED) is 0.732. The van der Waals surface area contributed by atoms with E-state index in [1.54, 1.807) is 0 Å². The Bertz CT molecular complexity index is 500. The predicted octanol–water partition coefficient (Wildman–Crippen LogP) is 0.660. The van der Waals surface area contributed by atoms with Gasteiger partial charge < -0.3 is 15.4 Å². The summed E-state index contributed by atoms with van der Waals surface area (Å²) in [6, 6.07) is -0.716. The molecule has 0 amide bonds. The molecule has 2 heterocycles. The molecule has 0 unspecified atom stereocenters. The molecule has 0 radical (unpaired) electrons. The Kier molecular flexibility index (Phi) is 3.62. The number of nitrogens with one attached hydrogen (secondary N) is 2. The van der Waals surface area contributed by atoms with Crippen LogP contribution in [0.3, 0.4) is 0 Å². The van der Waals surface area contributed by atoms with Crippen LogP contribution in [-0.4, -0.2) is 37.1 Å². The maximum absolute atomic E-state index is 10.6. The van der Waals surface area contributed by atoms with Crippen LogP contribution in [0.15, 0.2) is 12.7 Å². The number of aromatic amines is 1. The van der Waals surface area contributed by atoms with Gasteiger partial charge in [0.15, 0.2) is 11.5 Å². The summed E-state index contributed by atoms with van der Waals surface area (Å²) in [7, 11) is 0. The first-order valence-electron chi connectivity index (χ1n) is 4.32. The van der Waals surface area contributed by atoms with Crippen molar-refractivity contribution in [1.29, 1.82) is 0 Å². The zero-order valence-electron chi connectivity index (χ0n) is 8.34. The summed E-state index contributed by atoms with van der Waals surface area (Å²) < 4.78 is 0. The first kappa shape index (κ1) is 12.2. The number of fused-ring (bicyclic) bond motifs is 1. The summed E-state index contributed by atoms with van der Waals surface area (Å²) in [6.07, 6.45) is 2.82. The van der Waals surface area contributed by atoms with Crippen molar-refractivity contribution in [1.82, 2.24) is 19.9 Å². The van der Waals surface area contributed by atoms with E-state index >= 15 is 0 Å². The van der Waals surface area contributed by atoms with Crippen LogP contribution in [0.5, 0.6) is 0 Å². The third kappa shape index (κ3) is 2.19. The number of carboxylic acids is 1. The number of halogens is 1. The predicted molar refractivity (Wildman–Crippen MR) is 59.7 cm³/mol. The van der Waals surface area contributed by atoms with Gasteiger partial charge >= 0.3 is 5.97 Å². The molecule has 2 rings (SSSR count). The summed E-state index contributed by atoms with van der Waals surface area (Å²) in [5, 5.41) is 11.5. The first-order chi connectivity index (χ1) is 7.18. The molecule has 3 N–H and O–H groups in total. The Hall–Kier alpha value is -1.89. The number of carbonyl (C=O) groups is 1. The van der Waals surface area contributed by atoms with E-state index in [1.165, 1.54) is 19.6 Å². The Morgan fingerprint density at radius 1 is 1.50 bits per heavy atom. The van der Waals surface area contributed by atoms with Gasteiger partial charge in [-0.05, 0) is 6.92 Å². The monoisotopic (exact) mass is 243 g/mol. The van der Waals surface area contributed by atoms with Gasteiger partial charge in [-0.25, -0.2) is 15.0 Å². The van der Waals surface area contributed by atoms with Gasteiger partial charge in [-0.3, -0.25) is 4.79 Å². The van der Waals surface area contributed by atoms with E-state index in [0.717, 1.165) is 0 Å². The minimum atomic E-state index is -0.943. The molecule has 8 heteroatoms. The van der Waals surface area contributed by atoms with Crippen LogP contribution in [-0.2, 0) is 4.79 Å². The minimum Gasteiger partial charge on any atom is -0.480 e. The molecule has 0 aliphatic carbocycles. The molecule has 16 heavy (non-hydrogen) atoms. The molecule has 0 aromatic carbocycles. The highest BCUT2D eigenvalue weighted by atomic mass is 35.5. The van der Waals surface area contributed by atoms with Crippen LogP contribution in [0.4, 0.5) is 5.82 Å². The normalized spacial score (nSPS) is 11.8. The van der Waals surface area contributed by atoms with Gasteiger partial charge in [0.1, 0.15) is 17.9 Å². The zero-order chi connectivity index (χ0) is 10.8. The van der Waals surface area contributed by atoms with Crippen molar-refractivity contribution >= 4 is 35.4 Å². The van der Waals surface area contributed by atoms with Crippen molar-refractivity contribution in [3.63, 3.8) is 0 Å². The molecule has 1 atom stereocenters. The van der Waals surface area contributed by atoms with Crippen molar-refractivity contribution in [2.24, 2.45) is 0 Å². The van der Waals surface area contributed by atoms with Crippen molar-refractivity contribution in [2.75, 3.05) is 5.32 Å². The lowest BCUT2D eigenvalue weighted by Crippen LogP contribution is -2.26. The average Bonchev–Trinajstić information content (AvgIpc) is 2.66. The molecule has 0 aliphatic heterocycles. The number of rotatable bonds is 3. The Balaban J connectivity index is 0.00000128. The topological polar surface area (TPSA) is 104 Å². The molecule has 0 spiro atoms. The fraction of sp³-hybridized carbons (Fsp3) is 0.250. The van der Waals surface area contributed by atoms with Gasteiger partial charge in [0, 0.05) is 0 Å². The van der Waals surface area contributed by atoms with Gasteiger partial charge in [0.25, 0.3) is 0 Å². The molecular weight excluding hydrogens is 234 g/mol. The molecular formula is C8H10ClN5O2. The van der Waals surface area contributed by atoms with Crippen molar-refractivity contribution in [2.45, 2.75) is 13.0 Å². The second kappa shape index (κ2) is 4.75. The number of aromatic nitrogens is 4. The number of hydrogen-bond acceptors (Lipinski definition) is 5. The molecule has 0 aliphatic rings. The van der Waals surface area contributed by atoms with Crippen molar-refractivity contribution < 1.29 is 9.90 Å². The van der Waals surface area contributed by atoms with Crippen LogP contribution in [0.1, 0.15) is 6.92 Å². The number of hydrogen-bond donors (Lipinski definition) is 3. The average molecular weight is 244 g/mol. The highest BCUT2D eigenvalue weighted by Gasteiger charge is 2.13. The summed E-state index contributed by atoms with van der Waals surface area (Å²) in [5.41, 5.74) is 1.11. The van der Waals surface area contributed by atoms with Crippen LogP contribution in [0.25, 0.3) is 11.2 Å². The summed E-state index contributed by atoms with van der Waals surface area (Å²) in [6.45, 7) is 1.53. The van der Waals surface area contributed by atoms with Gasteiger partial charge in [0.2, 0.25) is 0 Å². The zero-order valence-corrected chi connectivity index (χ0v) is 9.15. The van der Waals surface area contributed by atoms with E-state index < -0.39 is 12.0 Å².